The molecule has 13 aliphatic rings. The molecule has 22 rings (SSSR count). The molecule has 10 unspecified atom stereocenters. The molecule has 0 radical (unpaired) electrons. The zero-order valence-electron chi connectivity index (χ0n) is 59.8. The van der Waals surface area contributed by atoms with Gasteiger partial charge in [-0.3, -0.25) is 0 Å². The van der Waals surface area contributed by atoms with Crippen LogP contribution in [0.25, 0.3) is 56.8 Å². The van der Waals surface area contributed by atoms with E-state index in [0.29, 0.717) is 41.5 Å². The van der Waals surface area contributed by atoms with Crippen molar-refractivity contribution in [2.75, 3.05) is 9.80 Å². The average Bonchev–Trinajstić information content (AvgIpc) is 1.56. The highest BCUT2D eigenvalue weighted by Gasteiger charge is 2.48. The fourth-order valence-electron chi connectivity index (χ4n) is 22.3. The van der Waals surface area contributed by atoms with Crippen molar-refractivity contribution in [3.05, 3.63) is 282 Å². The van der Waals surface area contributed by atoms with Crippen LogP contribution in [0.15, 0.2) is 225 Å². The van der Waals surface area contributed by atoms with E-state index in [2.05, 4.69) is 237 Å². The van der Waals surface area contributed by atoms with Crippen molar-refractivity contribution >= 4 is 79.5 Å². The number of anilines is 3. The van der Waals surface area contributed by atoms with E-state index in [4.69, 9.17) is 13.6 Å². The van der Waals surface area contributed by atoms with Crippen LogP contribution in [-0.4, -0.2) is 27.7 Å². The Kier molecular flexibility index (Phi) is 15.1. The van der Waals surface area contributed by atoms with E-state index in [0.717, 1.165) is 138 Å². The average molecular weight is 1380 g/mol. The zero-order valence-corrected chi connectivity index (χ0v) is 60.6. The highest BCUT2D eigenvalue weighted by molar-refractivity contribution is 7.12. The van der Waals surface area contributed by atoms with Crippen LogP contribution in [0.5, 0.6) is 5.75 Å². The van der Waals surface area contributed by atoms with Crippen molar-refractivity contribution in [1.82, 2.24) is 9.47 Å². The first-order valence-electron chi connectivity index (χ1n) is 40.2. The summed E-state index contributed by atoms with van der Waals surface area (Å²) in [5, 5.41) is 3.95. The van der Waals surface area contributed by atoms with Crippen LogP contribution in [0.1, 0.15) is 199 Å². The number of ether oxygens (including phenoxy) is 1. The van der Waals surface area contributed by atoms with E-state index in [1.54, 1.807) is 37.7 Å². The lowest BCUT2D eigenvalue weighted by Gasteiger charge is -2.40. The van der Waals surface area contributed by atoms with E-state index in [9.17, 15) is 0 Å². The second-order valence-electron chi connectivity index (χ2n) is 32.4. The van der Waals surface area contributed by atoms with Gasteiger partial charge in [0.15, 0.2) is 0 Å². The Balaban J connectivity index is 0.588. The van der Waals surface area contributed by atoms with Gasteiger partial charge in [0.1, 0.15) is 34.5 Å². The third-order valence-corrected chi connectivity index (χ3v) is 28.3. The van der Waals surface area contributed by atoms with Crippen LogP contribution in [0.2, 0.25) is 0 Å². The van der Waals surface area contributed by atoms with Gasteiger partial charge < -0.3 is 32.8 Å². The van der Waals surface area contributed by atoms with Crippen LogP contribution in [0, 0.1) is 23.7 Å². The number of allylic oxidation sites excluding steroid dienone is 14. The molecule has 0 bridgehead atoms. The molecule has 2 aliphatic heterocycles. The number of aromatic nitrogens is 1. The molecule has 104 heavy (non-hydrogen) atoms. The first-order valence-corrected chi connectivity index (χ1v) is 41.0. The van der Waals surface area contributed by atoms with Crippen molar-refractivity contribution in [1.29, 1.82) is 0 Å². The summed E-state index contributed by atoms with van der Waals surface area (Å²) in [6.45, 7) is 0. The lowest BCUT2D eigenvalue weighted by Crippen LogP contribution is -2.41. The van der Waals surface area contributed by atoms with E-state index in [1.807, 2.05) is 0 Å². The van der Waals surface area contributed by atoms with Gasteiger partial charge in [0.05, 0.1) is 40.4 Å². The number of nitrogens with zero attached hydrogens (tertiary/aromatic N) is 4. The van der Waals surface area contributed by atoms with Crippen molar-refractivity contribution in [3.63, 3.8) is 0 Å². The molecule has 4 aromatic heterocycles. The number of fused-ring (bicyclic) bond motifs is 17. The molecule has 7 nitrogen and oxygen atoms in total. The van der Waals surface area contributed by atoms with Crippen LogP contribution >= 0.6 is 11.3 Å². The maximum atomic E-state index is 6.88. The summed E-state index contributed by atoms with van der Waals surface area (Å²) in [6, 6.07) is 40.4. The molecule has 6 heterocycles. The molecule has 0 amide bonds. The summed E-state index contributed by atoms with van der Waals surface area (Å²) in [7, 11) is 0. The van der Waals surface area contributed by atoms with Crippen molar-refractivity contribution < 1.29 is 13.6 Å². The minimum absolute atomic E-state index is 0.109. The lowest BCUT2D eigenvalue weighted by atomic mass is 9.69. The van der Waals surface area contributed by atoms with Gasteiger partial charge in [-0.15, -0.1) is 11.3 Å². The first kappa shape index (κ1) is 62.2. The molecule has 11 aliphatic carbocycles. The third kappa shape index (κ3) is 9.98. The number of hydrogen-bond donors (Lipinski definition) is 0. The Hall–Kier alpha value is -9.24. The number of hydrogen-bond acceptors (Lipinski definition) is 7. The molecule has 9 aromatic rings. The van der Waals surface area contributed by atoms with Crippen molar-refractivity contribution in [2.24, 2.45) is 23.7 Å². The van der Waals surface area contributed by atoms with Gasteiger partial charge in [-0.25, -0.2) is 0 Å². The molecule has 0 fully saturated rings. The number of thiophene rings is 1. The van der Waals surface area contributed by atoms with Gasteiger partial charge in [-0.05, 0) is 272 Å². The van der Waals surface area contributed by atoms with Gasteiger partial charge in [0.25, 0.3) is 0 Å². The first-order chi connectivity index (χ1) is 51.6. The van der Waals surface area contributed by atoms with Crippen LogP contribution in [-0.2, 0) is 38.5 Å². The fraction of sp³-hybridized carbons (Fsp3) is 0.354. The molecule has 10 atom stereocenters. The van der Waals surface area contributed by atoms with Gasteiger partial charge in [0.2, 0.25) is 0 Å². The van der Waals surface area contributed by atoms with Crippen LogP contribution in [0.3, 0.4) is 0 Å². The smallest absolute Gasteiger partial charge is 0.137 e. The number of rotatable bonds is 11. The van der Waals surface area contributed by atoms with Crippen molar-refractivity contribution in [2.45, 2.75) is 190 Å². The summed E-state index contributed by atoms with van der Waals surface area (Å²) in [4.78, 5) is 11.7. The molecule has 0 saturated carbocycles. The maximum Gasteiger partial charge on any atom is 0.137 e. The number of para-hydroxylation sites is 1. The Labute approximate surface area is 616 Å². The van der Waals surface area contributed by atoms with Crippen molar-refractivity contribution in [3.8, 4) is 11.4 Å². The Bertz CT molecular complexity index is 5380. The quantitative estimate of drug-likeness (QED) is 0.120. The number of benzene rings is 5. The zero-order chi connectivity index (χ0) is 68.1. The Morgan fingerprint density at radius 2 is 1.37 bits per heavy atom. The summed E-state index contributed by atoms with van der Waals surface area (Å²) >= 11 is 2.14. The van der Waals surface area contributed by atoms with E-state index in [-0.39, 0.29) is 18.2 Å². The van der Waals surface area contributed by atoms with Gasteiger partial charge in [-0.2, -0.15) is 0 Å². The lowest BCUT2D eigenvalue weighted by molar-refractivity contribution is 0.244. The summed E-state index contributed by atoms with van der Waals surface area (Å²) in [5.74, 6) is 5.91. The maximum absolute atomic E-state index is 6.88. The highest BCUT2D eigenvalue weighted by atomic mass is 32.1. The molecule has 0 saturated heterocycles. The third-order valence-electron chi connectivity index (χ3n) is 26.9. The second-order valence-corrected chi connectivity index (χ2v) is 33.6. The highest BCUT2D eigenvalue weighted by Crippen LogP contribution is 2.58. The summed E-state index contributed by atoms with van der Waals surface area (Å²) in [5.41, 5.74) is 27.8. The molecular formula is C96H92N4O3S. The van der Waals surface area contributed by atoms with Gasteiger partial charge in [-0.1, -0.05) is 128 Å². The minimum Gasteiger partial charge on any atom is -0.485 e. The van der Waals surface area contributed by atoms with Gasteiger partial charge in [0, 0.05) is 102 Å². The standard InChI is InChI=1S/C96H92N4O3S/c1-3-21-63(22-4-1)97-78-51-47-61(55-74(78)76-57-65(49-53-80(76)97)99(82-32-18-39-89-93(82)71-28-9-13-36-86(71)101-89)83-33-19-40-90-94(83)72-29-10-14-37-87(72)102-90)59-43-45-60(46-44-59)67-25-7-8-26-68(67)62-48-52-79-75(56-62)77-58-66(50-54-81(77)98(79)64-23-5-2-6-24-64)100(84-34-20-41-91-95(84)73-30-11-15-38-88(73)103-91)85-35-17-31-70-69-27-12-16-42-92(69)104-96(70)85/h2-3,5-7,9,12,15,18-25,27-28,32-34,38-41,43-45,48-49,52-53,56,58,60-61,65,67-68,73,76,80,85,88H,1,4,8,10-11,13-14,16-17,26,29-31,35-37,42,46-47,50-51,54-55,57H2. The van der Waals surface area contributed by atoms with Crippen LogP contribution < -0.4 is 14.5 Å². The minimum atomic E-state index is 0.109. The predicted octanol–water partition coefficient (Wildman–Crippen LogP) is 24.4. The Morgan fingerprint density at radius 1 is 0.548 bits per heavy atom. The van der Waals surface area contributed by atoms with Crippen LogP contribution in [0.4, 0.5) is 17.1 Å². The molecule has 0 spiro atoms. The molecule has 5 aromatic carbocycles. The Morgan fingerprint density at radius 3 is 2.26 bits per heavy atom. The van der Waals surface area contributed by atoms with E-state index in [1.165, 1.54) is 134 Å². The molecule has 520 valence electrons. The van der Waals surface area contributed by atoms with E-state index >= 15 is 0 Å². The number of furan rings is 2. The van der Waals surface area contributed by atoms with E-state index < -0.39 is 0 Å². The summed E-state index contributed by atoms with van der Waals surface area (Å²) in [6.07, 6.45) is 69.4. The number of aryl methyl sites for hydroxylation is 4. The normalized spacial score (nSPS) is 26.8. The van der Waals surface area contributed by atoms with Gasteiger partial charge >= 0.3 is 0 Å². The topological polar surface area (TPSA) is 50.2 Å². The second kappa shape index (κ2) is 25.2. The largest absolute Gasteiger partial charge is 0.485 e. The summed E-state index contributed by atoms with van der Waals surface area (Å²) < 4.78 is 23.1. The SMILES string of the molecule is C1=CC(N2C3=C(CC(C4=CCC(C5C=CCCC5c5ccc6c(c5)c5c(n6-c6ccccc6)CCC(N(c6cccc7c6C6CCC=CC6O7)C6CCCc7c6sc6c7C=CCC6)=C5)C=C4)CC3)C3CC(N(c4cccc5oc6c(c45)C=CCC6)c4cccc5oc6c(c45)CCCC6)C=CC32)=CCC1. The molecule has 8 heteroatoms. The molecule has 0 N–H and O–H groups in total. The molecular weight excluding hydrogens is 1290 g/mol. The fourth-order valence-corrected chi connectivity index (χ4v) is 23.8. The predicted molar refractivity (Wildman–Crippen MR) is 427 cm³/mol. The monoisotopic (exact) mass is 1380 g/mol.